The maximum Gasteiger partial charge on any atom is 0.223 e. The monoisotopic (exact) mass is 403 g/mol. The van der Waals surface area contributed by atoms with Crippen LogP contribution < -0.4 is 5.73 Å². The molecule has 1 aliphatic rings. The third-order valence-corrected chi connectivity index (χ3v) is 4.47. The largest absolute Gasteiger partial charge is 0.441 e. The lowest BCUT2D eigenvalue weighted by molar-refractivity contribution is -0.134. The quantitative estimate of drug-likeness (QED) is 0.827. The Labute approximate surface area is 165 Å². The smallest absolute Gasteiger partial charge is 0.223 e. The van der Waals surface area contributed by atoms with Gasteiger partial charge < -0.3 is 15.1 Å². The molecule has 2 aromatic rings. The lowest BCUT2D eigenvalue weighted by Gasteiger charge is -2.35. The Morgan fingerprint density at radius 1 is 1.31 bits per heavy atom. The van der Waals surface area contributed by atoms with Gasteiger partial charge >= 0.3 is 0 Å². The van der Waals surface area contributed by atoms with Gasteiger partial charge in [0.15, 0.2) is 11.7 Å². The summed E-state index contributed by atoms with van der Waals surface area (Å²) in [6, 6.07) is 6.54. The molecule has 1 amide bonds. The van der Waals surface area contributed by atoms with Crippen molar-refractivity contribution in [3.63, 3.8) is 0 Å². The number of nitrogens with zero attached hydrogens (tertiary/aromatic N) is 2. The Morgan fingerprint density at radius 2 is 2.08 bits per heavy atom. The number of halogens is 3. The maximum absolute atomic E-state index is 13.8. The summed E-state index contributed by atoms with van der Waals surface area (Å²) in [6.45, 7) is 1.27. The van der Waals surface area contributed by atoms with E-state index in [0.717, 1.165) is 25.8 Å². The molecule has 1 aromatic heterocycles. The van der Waals surface area contributed by atoms with Crippen LogP contribution in [0.3, 0.4) is 0 Å². The number of piperidine rings is 1. The fourth-order valence-electron chi connectivity index (χ4n) is 3.14. The standard InChI is InChI=1S/C18H22FN3O2.2ClH/c19-15-7-2-1-6-14(15)16-12-21-17(24-16)8-9-18(23)22-10-4-3-5-13(22)11-20;;/h1-2,6-7,12-13H,3-5,8-11,20H2;2*1H. The van der Waals surface area contributed by atoms with Crippen LogP contribution in [0.1, 0.15) is 31.6 Å². The van der Waals surface area contributed by atoms with E-state index in [2.05, 4.69) is 4.98 Å². The van der Waals surface area contributed by atoms with Gasteiger partial charge in [0, 0.05) is 32.0 Å². The van der Waals surface area contributed by atoms with Crippen molar-refractivity contribution in [2.24, 2.45) is 5.73 Å². The molecular formula is C18H24Cl2FN3O2. The molecule has 0 saturated carbocycles. The molecular weight excluding hydrogens is 380 g/mol. The van der Waals surface area contributed by atoms with Crippen molar-refractivity contribution >= 4 is 30.7 Å². The number of carbonyl (C=O) groups excluding carboxylic acids is 1. The second-order valence-electron chi connectivity index (χ2n) is 6.07. The van der Waals surface area contributed by atoms with Crippen molar-refractivity contribution < 1.29 is 13.6 Å². The first kappa shape index (κ1) is 22.4. The minimum absolute atomic E-state index is 0. The van der Waals surface area contributed by atoms with E-state index in [-0.39, 0.29) is 42.6 Å². The number of carbonyl (C=O) groups is 1. The summed E-state index contributed by atoms with van der Waals surface area (Å²) in [5.74, 6) is 0.558. The second kappa shape index (κ2) is 10.5. The van der Waals surface area contributed by atoms with Gasteiger partial charge in [-0.1, -0.05) is 12.1 Å². The molecule has 5 nitrogen and oxygen atoms in total. The number of hydrogen-bond donors (Lipinski definition) is 1. The van der Waals surface area contributed by atoms with Gasteiger partial charge in [-0.2, -0.15) is 0 Å². The fourth-order valence-corrected chi connectivity index (χ4v) is 3.14. The van der Waals surface area contributed by atoms with Crippen molar-refractivity contribution in [3.8, 4) is 11.3 Å². The fraction of sp³-hybridized carbons (Fsp3) is 0.444. The average molecular weight is 404 g/mol. The zero-order valence-electron chi connectivity index (χ0n) is 14.4. The van der Waals surface area contributed by atoms with Gasteiger partial charge in [0.25, 0.3) is 0 Å². The number of likely N-dealkylation sites (tertiary alicyclic amines) is 1. The van der Waals surface area contributed by atoms with E-state index in [0.29, 0.717) is 36.6 Å². The van der Waals surface area contributed by atoms with E-state index < -0.39 is 0 Å². The minimum Gasteiger partial charge on any atom is -0.441 e. The summed E-state index contributed by atoms with van der Waals surface area (Å²) in [7, 11) is 0. The molecule has 26 heavy (non-hydrogen) atoms. The van der Waals surface area contributed by atoms with E-state index in [1.807, 2.05) is 4.90 Å². The Kier molecular flexibility index (Phi) is 9.05. The van der Waals surface area contributed by atoms with Crippen molar-refractivity contribution in [1.29, 1.82) is 0 Å². The van der Waals surface area contributed by atoms with E-state index in [9.17, 15) is 9.18 Å². The Hall–Kier alpha value is -1.63. The molecule has 0 aliphatic carbocycles. The van der Waals surface area contributed by atoms with Crippen LogP contribution in [0.2, 0.25) is 0 Å². The molecule has 144 valence electrons. The number of hydrogen-bond acceptors (Lipinski definition) is 4. The molecule has 1 aliphatic heterocycles. The predicted octanol–water partition coefficient (Wildman–Crippen LogP) is 3.60. The van der Waals surface area contributed by atoms with Crippen LogP contribution in [-0.2, 0) is 11.2 Å². The average Bonchev–Trinajstić information content (AvgIpc) is 3.08. The summed E-state index contributed by atoms with van der Waals surface area (Å²) >= 11 is 0. The highest BCUT2D eigenvalue weighted by Gasteiger charge is 2.25. The second-order valence-corrected chi connectivity index (χ2v) is 6.07. The number of aromatic nitrogens is 1. The van der Waals surface area contributed by atoms with Crippen molar-refractivity contribution in [1.82, 2.24) is 9.88 Å². The number of amides is 1. The highest BCUT2D eigenvalue weighted by atomic mass is 35.5. The van der Waals surface area contributed by atoms with Gasteiger partial charge in [0.2, 0.25) is 5.91 Å². The number of benzene rings is 1. The molecule has 1 aromatic carbocycles. The lowest BCUT2D eigenvalue weighted by Crippen LogP contribution is -2.47. The van der Waals surface area contributed by atoms with Gasteiger partial charge in [0.05, 0.1) is 11.8 Å². The molecule has 1 atom stereocenters. The van der Waals surface area contributed by atoms with E-state index >= 15 is 0 Å². The van der Waals surface area contributed by atoms with E-state index in [1.165, 1.54) is 12.3 Å². The number of nitrogens with two attached hydrogens (primary N) is 1. The molecule has 0 bridgehead atoms. The zero-order chi connectivity index (χ0) is 16.9. The third kappa shape index (κ3) is 5.19. The van der Waals surface area contributed by atoms with Crippen LogP contribution >= 0.6 is 24.8 Å². The molecule has 0 spiro atoms. The van der Waals surface area contributed by atoms with Crippen molar-refractivity contribution in [3.05, 3.63) is 42.2 Å². The predicted molar refractivity (Wildman–Crippen MR) is 103 cm³/mol. The van der Waals surface area contributed by atoms with Crippen LogP contribution in [0.5, 0.6) is 0 Å². The van der Waals surface area contributed by atoms with Crippen LogP contribution in [0.25, 0.3) is 11.3 Å². The van der Waals surface area contributed by atoms with Crippen LogP contribution in [0.4, 0.5) is 4.39 Å². The molecule has 1 fully saturated rings. The molecule has 3 rings (SSSR count). The van der Waals surface area contributed by atoms with E-state index in [1.54, 1.807) is 18.2 Å². The lowest BCUT2D eigenvalue weighted by atomic mass is 10.0. The van der Waals surface area contributed by atoms with Gasteiger partial charge in [-0.15, -0.1) is 24.8 Å². The van der Waals surface area contributed by atoms with Gasteiger partial charge in [-0.3, -0.25) is 4.79 Å². The molecule has 2 N–H and O–H groups in total. The highest BCUT2D eigenvalue weighted by molar-refractivity contribution is 5.85. The van der Waals surface area contributed by atoms with Crippen molar-refractivity contribution in [2.45, 2.75) is 38.1 Å². The molecule has 1 saturated heterocycles. The highest BCUT2D eigenvalue weighted by Crippen LogP contribution is 2.24. The maximum atomic E-state index is 13.8. The van der Waals surface area contributed by atoms with E-state index in [4.69, 9.17) is 10.2 Å². The molecule has 0 radical (unpaired) electrons. The Balaban J connectivity index is 0.00000169. The zero-order valence-corrected chi connectivity index (χ0v) is 16.0. The molecule has 8 heteroatoms. The number of oxazole rings is 1. The first-order valence-corrected chi connectivity index (χ1v) is 8.38. The van der Waals surface area contributed by atoms with Crippen molar-refractivity contribution in [2.75, 3.05) is 13.1 Å². The first-order chi connectivity index (χ1) is 11.7. The summed E-state index contributed by atoms with van der Waals surface area (Å²) in [5.41, 5.74) is 6.14. The van der Waals surface area contributed by atoms with Crippen LogP contribution in [0, 0.1) is 5.82 Å². The topological polar surface area (TPSA) is 72.4 Å². The molecule has 1 unspecified atom stereocenters. The minimum atomic E-state index is -0.351. The number of rotatable bonds is 5. The van der Waals surface area contributed by atoms with Crippen LogP contribution in [-0.4, -0.2) is 34.9 Å². The van der Waals surface area contributed by atoms with Gasteiger partial charge in [-0.05, 0) is 31.4 Å². The first-order valence-electron chi connectivity index (χ1n) is 8.38. The third-order valence-electron chi connectivity index (χ3n) is 4.47. The summed E-state index contributed by atoms with van der Waals surface area (Å²) < 4.78 is 19.4. The molecule has 2 heterocycles. The van der Waals surface area contributed by atoms with Gasteiger partial charge in [-0.25, -0.2) is 9.37 Å². The summed E-state index contributed by atoms with van der Waals surface area (Å²) in [5, 5.41) is 0. The summed E-state index contributed by atoms with van der Waals surface area (Å²) in [4.78, 5) is 18.5. The summed E-state index contributed by atoms with van der Waals surface area (Å²) in [6.07, 6.45) is 5.35. The van der Waals surface area contributed by atoms with Gasteiger partial charge in [0.1, 0.15) is 5.82 Å². The SMILES string of the molecule is Cl.Cl.NCC1CCCCN1C(=O)CCc1ncc(-c2ccccc2F)o1. The Bertz CT molecular complexity index is 711. The van der Waals surface area contributed by atoms with Crippen LogP contribution in [0.15, 0.2) is 34.9 Å². The number of aryl methyl sites for hydroxylation is 1. The Morgan fingerprint density at radius 3 is 2.81 bits per heavy atom. The normalized spacial score (nSPS) is 16.5.